The monoisotopic (exact) mass is 409 g/mol. The van der Waals surface area contributed by atoms with Crippen LogP contribution in [0.4, 0.5) is 0 Å². The van der Waals surface area contributed by atoms with Crippen molar-refractivity contribution in [2.24, 2.45) is 10.7 Å². The van der Waals surface area contributed by atoms with Gasteiger partial charge in [-0.1, -0.05) is 30.3 Å². The first-order valence-electron chi connectivity index (χ1n) is 9.30. The molecule has 4 N–H and O–H groups in total. The average molecular weight is 410 g/mol. The fraction of sp³-hybridized carbons (Fsp3) is 0.238. The molecule has 150 valence electrons. The summed E-state index contributed by atoms with van der Waals surface area (Å²) >= 11 is 1.34. The molecule has 1 aromatic heterocycles. The third-order valence-electron chi connectivity index (χ3n) is 4.38. The standard InChI is InChI=1S/C21H23N5O2S/c1-23-21(22)24-13-7-11-16(25-19(28)14-8-3-2-4-9-14)18(27)20-26-15-10-5-6-12-17(15)29-20/h2-6,8-10,12,16H,7,11,13H2,1H3,(H,25,28)(H3,22,23,24)/t16-/m0/s1. The van der Waals surface area contributed by atoms with Crippen LogP contribution in [-0.4, -0.2) is 42.3 Å². The lowest BCUT2D eigenvalue weighted by Crippen LogP contribution is -2.41. The van der Waals surface area contributed by atoms with Crippen molar-refractivity contribution in [2.45, 2.75) is 18.9 Å². The molecule has 0 bridgehead atoms. The zero-order chi connectivity index (χ0) is 20.6. The number of nitrogens with zero attached hydrogens (tertiary/aromatic N) is 2. The summed E-state index contributed by atoms with van der Waals surface area (Å²) in [6.07, 6.45) is 1.09. The number of aliphatic imine (C=N–C) groups is 1. The summed E-state index contributed by atoms with van der Waals surface area (Å²) in [7, 11) is 1.60. The second kappa shape index (κ2) is 9.79. The van der Waals surface area contributed by atoms with E-state index in [4.69, 9.17) is 5.73 Å². The third-order valence-corrected chi connectivity index (χ3v) is 5.43. The van der Waals surface area contributed by atoms with Crippen LogP contribution in [0.25, 0.3) is 10.2 Å². The number of nitrogens with one attached hydrogen (secondary N) is 2. The van der Waals surface area contributed by atoms with E-state index in [-0.39, 0.29) is 11.7 Å². The van der Waals surface area contributed by atoms with Crippen LogP contribution in [0.2, 0.25) is 0 Å². The van der Waals surface area contributed by atoms with Gasteiger partial charge in [0, 0.05) is 19.2 Å². The Labute approximate surface area is 173 Å². The summed E-state index contributed by atoms with van der Waals surface area (Å²) in [6, 6.07) is 15.8. The summed E-state index contributed by atoms with van der Waals surface area (Å²) in [5, 5.41) is 6.23. The number of ketones is 1. The highest BCUT2D eigenvalue weighted by atomic mass is 32.1. The number of hydrogen-bond acceptors (Lipinski definition) is 5. The molecule has 0 spiro atoms. The number of carbonyl (C=O) groups is 2. The molecule has 0 saturated heterocycles. The van der Waals surface area contributed by atoms with E-state index in [2.05, 4.69) is 20.6 Å². The maximum Gasteiger partial charge on any atom is 0.251 e. The van der Waals surface area contributed by atoms with Crippen LogP contribution < -0.4 is 16.4 Å². The Hall–Kier alpha value is -3.26. The van der Waals surface area contributed by atoms with Crippen molar-refractivity contribution in [3.05, 3.63) is 65.2 Å². The SMILES string of the molecule is CN=C(N)NCCC[C@H](NC(=O)c1ccccc1)C(=O)c1nc2ccccc2s1. The van der Waals surface area contributed by atoms with Crippen molar-refractivity contribution in [2.75, 3.05) is 13.6 Å². The van der Waals surface area contributed by atoms with Crippen molar-refractivity contribution in [1.29, 1.82) is 0 Å². The topological polar surface area (TPSA) is 109 Å². The number of carbonyl (C=O) groups excluding carboxylic acids is 2. The number of guanidine groups is 1. The van der Waals surface area contributed by atoms with Crippen molar-refractivity contribution in [1.82, 2.24) is 15.6 Å². The van der Waals surface area contributed by atoms with E-state index in [0.29, 0.717) is 35.9 Å². The summed E-state index contributed by atoms with van der Waals surface area (Å²) in [5.41, 5.74) is 6.92. The average Bonchev–Trinajstić information content (AvgIpc) is 3.20. The minimum Gasteiger partial charge on any atom is -0.370 e. The lowest BCUT2D eigenvalue weighted by molar-refractivity contribution is 0.0851. The molecule has 1 atom stereocenters. The molecule has 0 saturated carbocycles. The van der Waals surface area contributed by atoms with Crippen molar-refractivity contribution in [3.8, 4) is 0 Å². The van der Waals surface area contributed by atoms with E-state index in [0.717, 1.165) is 10.2 Å². The molecular formula is C21H23N5O2S. The molecule has 2 aromatic carbocycles. The lowest BCUT2D eigenvalue weighted by Gasteiger charge is -2.17. The Balaban J connectivity index is 1.75. The predicted octanol–water partition coefficient (Wildman–Crippen LogP) is 2.59. The Bertz CT molecular complexity index is 983. The molecule has 0 unspecified atom stereocenters. The fourth-order valence-corrected chi connectivity index (χ4v) is 3.79. The summed E-state index contributed by atoms with van der Waals surface area (Å²) in [4.78, 5) is 34.0. The van der Waals surface area contributed by atoms with Gasteiger partial charge in [-0.15, -0.1) is 11.3 Å². The predicted molar refractivity (Wildman–Crippen MR) is 116 cm³/mol. The minimum absolute atomic E-state index is 0.187. The number of hydrogen-bond donors (Lipinski definition) is 3. The van der Waals surface area contributed by atoms with Gasteiger partial charge in [-0.25, -0.2) is 4.98 Å². The summed E-state index contributed by atoms with van der Waals surface area (Å²) < 4.78 is 0.942. The maximum atomic E-state index is 13.1. The second-order valence-corrected chi connectivity index (χ2v) is 7.45. The van der Waals surface area contributed by atoms with Crippen LogP contribution in [0.5, 0.6) is 0 Å². The Morgan fingerprint density at radius 2 is 1.86 bits per heavy atom. The molecule has 0 aliphatic carbocycles. The number of amides is 1. The van der Waals surface area contributed by atoms with Gasteiger partial charge in [0.1, 0.15) is 0 Å². The van der Waals surface area contributed by atoms with E-state index in [1.54, 1.807) is 31.3 Å². The highest BCUT2D eigenvalue weighted by molar-refractivity contribution is 7.20. The van der Waals surface area contributed by atoms with E-state index in [1.165, 1.54) is 11.3 Å². The van der Waals surface area contributed by atoms with Crippen molar-refractivity contribution >= 4 is 39.2 Å². The fourth-order valence-electron chi connectivity index (χ4n) is 2.83. The van der Waals surface area contributed by atoms with Crippen LogP contribution in [0.3, 0.4) is 0 Å². The molecule has 1 amide bonds. The van der Waals surface area contributed by atoms with Crippen LogP contribution in [0, 0.1) is 0 Å². The first-order chi connectivity index (χ1) is 14.1. The van der Waals surface area contributed by atoms with Crippen molar-refractivity contribution in [3.63, 3.8) is 0 Å². The number of fused-ring (bicyclic) bond motifs is 1. The normalized spacial score (nSPS) is 12.5. The minimum atomic E-state index is -0.676. The molecule has 3 aromatic rings. The highest BCUT2D eigenvalue weighted by Crippen LogP contribution is 2.23. The number of para-hydroxylation sites is 1. The highest BCUT2D eigenvalue weighted by Gasteiger charge is 2.25. The zero-order valence-electron chi connectivity index (χ0n) is 16.1. The van der Waals surface area contributed by atoms with Crippen LogP contribution in [0.1, 0.15) is 33.0 Å². The molecule has 3 rings (SSSR count). The van der Waals surface area contributed by atoms with Gasteiger partial charge in [0.05, 0.1) is 16.3 Å². The molecule has 7 nitrogen and oxygen atoms in total. The van der Waals surface area contributed by atoms with Gasteiger partial charge in [0.25, 0.3) is 5.91 Å². The lowest BCUT2D eigenvalue weighted by atomic mass is 10.1. The smallest absolute Gasteiger partial charge is 0.251 e. The number of nitrogens with two attached hydrogens (primary N) is 1. The van der Waals surface area contributed by atoms with Gasteiger partial charge in [-0.3, -0.25) is 14.6 Å². The van der Waals surface area contributed by atoms with E-state index in [9.17, 15) is 9.59 Å². The van der Waals surface area contributed by atoms with Crippen LogP contribution >= 0.6 is 11.3 Å². The maximum absolute atomic E-state index is 13.1. The molecule has 0 aliphatic heterocycles. The van der Waals surface area contributed by atoms with Crippen LogP contribution in [0.15, 0.2) is 59.6 Å². The van der Waals surface area contributed by atoms with Crippen molar-refractivity contribution < 1.29 is 9.59 Å². The second-order valence-electron chi connectivity index (χ2n) is 6.42. The Morgan fingerprint density at radius 3 is 2.59 bits per heavy atom. The van der Waals surface area contributed by atoms with Gasteiger partial charge in [0.2, 0.25) is 5.78 Å². The molecule has 8 heteroatoms. The first kappa shape index (κ1) is 20.5. The third kappa shape index (κ3) is 5.39. The van der Waals surface area contributed by atoms with Gasteiger partial charge < -0.3 is 16.4 Å². The number of Topliss-reactive ketones (excluding diaryl/α,β-unsaturated/α-hetero) is 1. The van der Waals surface area contributed by atoms with Gasteiger partial charge in [-0.05, 0) is 37.1 Å². The summed E-state index contributed by atoms with van der Waals surface area (Å²) in [6.45, 7) is 0.550. The molecule has 0 aliphatic rings. The largest absolute Gasteiger partial charge is 0.370 e. The molecule has 29 heavy (non-hydrogen) atoms. The van der Waals surface area contributed by atoms with E-state index in [1.807, 2.05) is 30.3 Å². The molecule has 1 heterocycles. The van der Waals surface area contributed by atoms with Gasteiger partial charge in [-0.2, -0.15) is 0 Å². The Morgan fingerprint density at radius 1 is 1.14 bits per heavy atom. The van der Waals surface area contributed by atoms with Gasteiger partial charge >= 0.3 is 0 Å². The van der Waals surface area contributed by atoms with Crippen LogP contribution in [-0.2, 0) is 0 Å². The number of benzene rings is 2. The van der Waals surface area contributed by atoms with E-state index < -0.39 is 6.04 Å². The Kier molecular flexibility index (Phi) is 6.91. The number of thiazole rings is 1. The van der Waals surface area contributed by atoms with E-state index >= 15 is 0 Å². The zero-order valence-corrected chi connectivity index (χ0v) is 16.9. The quantitative estimate of drug-likeness (QED) is 0.229. The molecule has 0 radical (unpaired) electrons. The molecular weight excluding hydrogens is 386 g/mol. The molecule has 0 fully saturated rings. The van der Waals surface area contributed by atoms with Gasteiger partial charge in [0.15, 0.2) is 11.0 Å². The number of aromatic nitrogens is 1. The first-order valence-corrected chi connectivity index (χ1v) is 10.1. The summed E-state index contributed by atoms with van der Waals surface area (Å²) in [5.74, 6) is -0.132. The number of rotatable bonds is 8.